The number of carbonyl (C=O) groups is 2. The summed E-state index contributed by atoms with van der Waals surface area (Å²) in [5.74, 6) is 1.14. The van der Waals surface area contributed by atoms with E-state index in [1.165, 1.54) is 10.5 Å². The third-order valence-corrected chi connectivity index (χ3v) is 5.66. The highest BCUT2D eigenvalue weighted by Crippen LogP contribution is 2.35. The zero-order chi connectivity index (χ0) is 16.2. The lowest BCUT2D eigenvalue weighted by molar-refractivity contribution is -0.129. The van der Waals surface area contributed by atoms with Gasteiger partial charge in [0, 0.05) is 36.7 Å². The Labute approximate surface area is 141 Å². The van der Waals surface area contributed by atoms with Crippen LogP contribution in [0.3, 0.4) is 0 Å². The van der Waals surface area contributed by atoms with Crippen molar-refractivity contribution in [3.05, 3.63) is 29.8 Å². The Morgan fingerprint density at radius 1 is 1.13 bits per heavy atom. The van der Waals surface area contributed by atoms with Crippen molar-refractivity contribution in [3.63, 3.8) is 0 Å². The van der Waals surface area contributed by atoms with Crippen molar-refractivity contribution >= 4 is 23.7 Å². The predicted octanol–water partition coefficient (Wildman–Crippen LogP) is 2.53. The highest BCUT2D eigenvalue weighted by Gasteiger charge is 2.25. The van der Waals surface area contributed by atoms with E-state index in [0.717, 1.165) is 38.1 Å². The molecular formula is C17H23N3O2S. The normalized spacial score (nSPS) is 21.4. The van der Waals surface area contributed by atoms with Crippen molar-refractivity contribution in [2.24, 2.45) is 0 Å². The van der Waals surface area contributed by atoms with Gasteiger partial charge in [-0.2, -0.15) is 0 Å². The van der Waals surface area contributed by atoms with E-state index < -0.39 is 0 Å². The van der Waals surface area contributed by atoms with Crippen LogP contribution >= 0.6 is 11.8 Å². The Morgan fingerprint density at radius 2 is 1.87 bits per heavy atom. The lowest BCUT2D eigenvalue weighted by Crippen LogP contribution is -2.49. The van der Waals surface area contributed by atoms with Gasteiger partial charge in [0.2, 0.25) is 5.91 Å². The molecule has 0 saturated carbocycles. The molecule has 1 fully saturated rings. The summed E-state index contributed by atoms with van der Waals surface area (Å²) in [6, 6.07) is 8.41. The molecular weight excluding hydrogens is 310 g/mol. The third-order valence-electron chi connectivity index (χ3n) is 4.54. The van der Waals surface area contributed by atoms with Gasteiger partial charge in [0.25, 0.3) is 0 Å². The van der Waals surface area contributed by atoms with Crippen LogP contribution in [0.2, 0.25) is 0 Å². The SMILES string of the molecule is CC(=O)N1CCC(NC(=O)N[C@@H]2CCSc3ccccc32)CC1. The second kappa shape index (κ2) is 7.25. The number of hydrogen-bond acceptors (Lipinski definition) is 3. The maximum atomic E-state index is 12.3. The summed E-state index contributed by atoms with van der Waals surface area (Å²) in [5, 5.41) is 6.17. The fraction of sp³-hybridized carbons (Fsp3) is 0.529. The Kier molecular flexibility index (Phi) is 5.10. The van der Waals surface area contributed by atoms with E-state index in [-0.39, 0.29) is 24.0 Å². The number of carbonyl (C=O) groups excluding carboxylic acids is 2. The van der Waals surface area contributed by atoms with Gasteiger partial charge in [-0.05, 0) is 30.9 Å². The molecule has 1 aromatic carbocycles. The van der Waals surface area contributed by atoms with Crippen LogP contribution in [0.15, 0.2) is 29.2 Å². The number of hydrogen-bond donors (Lipinski definition) is 2. The van der Waals surface area contributed by atoms with Crippen LogP contribution in [0, 0.1) is 0 Å². The first kappa shape index (κ1) is 16.2. The summed E-state index contributed by atoms with van der Waals surface area (Å²) in [6.07, 6.45) is 2.60. The maximum absolute atomic E-state index is 12.3. The molecule has 0 spiro atoms. The van der Waals surface area contributed by atoms with Crippen molar-refractivity contribution < 1.29 is 9.59 Å². The monoisotopic (exact) mass is 333 g/mol. The maximum Gasteiger partial charge on any atom is 0.315 e. The van der Waals surface area contributed by atoms with Gasteiger partial charge in [0.1, 0.15) is 0 Å². The van der Waals surface area contributed by atoms with E-state index in [1.807, 2.05) is 28.8 Å². The standard InChI is InChI=1S/C17H23N3O2S/c1-12(21)20-9-6-13(7-10-20)18-17(22)19-15-8-11-23-16-5-3-2-4-14(15)16/h2-5,13,15H,6-11H2,1H3,(H2,18,19,22)/t15-/m1/s1. The van der Waals surface area contributed by atoms with Gasteiger partial charge in [0.15, 0.2) is 0 Å². The largest absolute Gasteiger partial charge is 0.343 e. The third kappa shape index (κ3) is 3.99. The molecule has 124 valence electrons. The number of nitrogens with zero attached hydrogens (tertiary/aromatic N) is 1. The first-order chi connectivity index (χ1) is 11.1. The summed E-state index contributed by atoms with van der Waals surface area (Å²) >= 11 is 1.85. The minimum atomic E-state index is -0.0991. The van der Waals surface area contributed by atoms with Crippen molar-refractivity contribution in [2.75, 3.05) is 18.8 Å². The average Bonchev–Trinajstić information content (AvgIpc) is 2.55. The Hall–Kier alpha value is -1.69. The lowest BCUT2D eigenvalue weighted by Gasteiger charge is -2.32. The van der Waals surface area contributed by atoms with Crippen LogP contribution in [-0.2, 0) is 4.79 Å². The van der Waals surface area contributed by atoms with Gasteiger partial charge in [-0.25, -0.2) is 4.79 Å². The van der Waals surface area contributed by atoms with Crippen LogP contribution < -0.4 is 10.6 Å². The van der Waals surface area contributed by atoms with E-state index in [9.17, 15) is 9.59 Å². The van der Waals surface area contributed by atoms with Crippen molar-refractivity contribution in [2.45, 2.75) is 43.2 Å². The molecule has 0 radical (unpaired) electrons. The molecule has 1 aromatic rings. The Balaban J connectivity index is 1.52. The highest BCUT2D eigenvalue weighted by molar-refractivity contribution is 7.99. The Morgan fingerprint density at radius 3 is 2.61 bits per heavy atom. The summed E-state index contributed by atoms with van der Waals surface area (Å²) in [5.41, 5.74) is 1.21. The van der Waals surface area contributed by atoms with E-state index in [2.05, 4.69) is 22.8 Å². The minimum absolute atomic E-state index is 0.0877. The minimum Gasteiger partial charge on any atom is -0.343 e. The van der Waals surface area contributed by atoms with Crippen molar-refractivity contribution in [1.29, 1.82) is 0 Å². The van der Waals surface area contributed by atoms with Crippen LogP contribution in [0.5, 0.6) is 0 Å². The first-order valence-corrected chi connectivity index (χ1v) is 9.16. The zero-order valence-electron chi connectivity index (χ0n) is 13.4. The molecule has 2 aliphatic heterocycles. The van der Waals surface area contributed by atoms with E-state index in [0.29, 0.717) is 0 Å². The molecule has 2 aliphatic rings. The molecule has 2 N–H and O–H groups in total. The molecule has 0 aliphatic carbocycles. The number of piperidine rings is 1. The highest BCUT2D eigenvalue weighted by atomic mass is 32.2. The molecule has 3 rings (SSSR count). The van der Waals surface area contributed by atoms with Gasteiger partial charge < -0.3 is 15.5 Å². The van der Waals surface area contributed by atoms with Crippen LogP contribution in [0.4, 0.5) is 4.79 Å². The number of urea groups is 1. The number of thioether (sulfide) groups is 1. The van der Waals surface area contributed by atoms with Crippen LogP contribution in [0.1, 0.15) is 37.8 Å². The van der Waals surface area contributed by atoms with Crippen molar-refractivity contribution in [1.82, 2.24) is 15.5 Å². The smallest absolute Gasteiger partial charge is 0.315 e. The number of amides is 3. The first-order valence-electron chi connectivity index (χ1n) is 8.18. The quantitative estimate of drug-likeness (QED) is 0.874. The number of fused-ring (bicyclic) bond motifs is 1. The summed E-state index contributed by atoms with van der Waals surface area (Å²) in [6.45, 7) is 3.05. The second-order valence-electron chi connectivity index (χ2n) is 6.13. The molecule has 3 amide bonds. The van der Waals surface area contributed by atoms with Gasteiger partial charge in [-0.1, -0.05) is 18.2 Å². The van der Waals surface area contributed by atoms with Crippen molar-refractivity contribution in [3.8, 4) is 0 Å². The van der Waals surface area contributed by atoms with Crippen LogP contribution in [0.25, 0.3) is 0 Å². The number of likely N-dealkylation sites (tertiary alicyclic amines) is 1. The topological polar surface area (TPSA) is 61.4 Å². The fourth-order valence-electron chi connectivity index (χ4n) is 3.22. The molecule has 0 unspecified atom stereocenters. The molecule has 0 aromatic heterocycles. The second-order valence-corrected chi connectivity index (χ2v) is 7.26. The number of benzene rings is 1. The summed E-state index contributed by atoms with van der Waals surface area (Å²) in [7, 11) is 0. The van der Waals surface area contributed by atoms with E-state index >= 15 is 0 Å². The Bertz CT molecular complexity index is 585. The zero-order valence-corrected chi connectivity index (χ0v) is 14.2. The number of rotatable bonds is 2. The number of nitrogens with one attached hydrogen (secondary N) is 2. The molecule has 5 nitrogen and oxygen atoms in total. The predicted molar refractivity (Wildman–Crippen MR) is 91.5 cm³/mol. The van der Waals surface area contributed by atoms with E-state index in [4.69, 9.17) is 0 Å². The lowest BCUT2D eigenvalue weighted by atomic mass is 10.0. The van der Waals surface area contributed by atoms with Crippen LogP contribution in [-0.4, -0.2) is 41.7 Å². The van der Waals surface area contributed by atoms with Gasteiger partial charge in [-0.15, -0.1) is 11.8 Å². The molecule has 0 bridgehead atoms. The summed E-state index contributed by atoms with van der Waals surface area (Å²) in [4.78, 5) is 26.7. The van der Waals surface area contributed by atoms with Gasteiger partial charge in [0.05, 0.1) is 6.04 Å². The molecule has 6 heteroatoms. The molecule has 1 atom stereocenters. The van der Waals surface area contributed by atoms with E-state index in [1.54, 1.807) is 6.92 Å². The van der Waals surface area contributed by atoms with Gasteiger partial charge >= 0.3 is 6.03 Å². The molecule has 23 heavy (non-hydrogen) atoms. The summed E-state index contributed by atoms with van der Waals surface area (Å²) < 4.78 is 0. The average molecular weight is 333 g/mol. The van der Waals surface area contributed by atoms with Gasteiger partial charge in [-0.3, -0.25) is 4.79 Å². The molecule has 2 heterocycles. The fourth-order valence-corrected chi connectivity index (χ4v) is 4.34. The molecule has 1 saturated heterocycles.